The van der Waals surface area contributed by atoms with Gasteiger partial charge >= 0.3 is 0 Å². The Morgan fingerprint density at radius 1 is 1.10 bits per heavy atom. The van der Waals surface area contributed by atoms with Gasteiger partial charge in [-0.25, -0.2) is 4.99 Å². The highest BCUT2D eigenvalue weighted by molar-refractivity contribution is 14.0. The van der Waals surface area contributed by atoms with Gasteiger partial charge in [-0.2, -0.15) is 0 Å². The zero-order chi connectivity index (χ0) is 21.1. The van der Waals surface area contributed by atoms with Crippen LogP contribution in [-0.2, 0) is 17.9 Å². The molecular formula is C22H31IN4O2S. The number of thioether (sulfide) groups is 1. The predicted molar refractivity (Wildman–Crippen MR) is 136 cm³/mol. The molecule has 0 saturated carbocycles. The number of nitrogens with one attached hydrogen (secondary N) is 3. The maximum atomic E-state index is 12.2. The van der Waals surface area contributed by atoms with Crippen molar-refractivity contribution in [3.05, 3.63) is 59.2 Å². The van der Waals surface area contributed by atoms with Crippen molar-refractivity contribution in [3.63, 3.8) is 0 Å². The van der Waals surface area contributed by atoms with Crippen LogP contribution < -0.4 is 20.7 Å². The molecule has 0 aliphatic heterocycles. The van der Waals surface area contributed by atoms with Crippen LogP contribution in [0.1, 0.15) is 23.6 Å². The number of benzene rings is 2. The first-order valence-electron chi connectivity index (χ1n) is 9.61. The lowest BCUT2D eigenvalue weighted by Gasteiger charge is -2.12. The summed E-state index contributed by atoms with van der Waals surface area (Å²) in [7, 11) is 1.63. The minimum absolute atomic E-state index is 0. The van der Waals surface area contributed by atoms with E-state index in [2.05, 4.69) is 52.3 Å². The number of rotatable bonds is 9. The van der Waals surface area contributed by atoms with Gasteiger partial charge in [-0.15, -0.1) is 35.7 Å². The normalized spacial score (nSPS) is 10.7. The zero-order valence-electron chi connectivity index (χ0n) is 18.0. The molecule has 8 heteroatoms. The van der Waals surface area contributed by atoms with Crippen LogP contribution in [0.3, 0.4) is 0 Å². The summed E-state index contributed by atoms with van der Waals surface area (Å²) in [6.07, 6.45) is 2.07. The van der Waals surface area contributed by atoms with Crippen LogP contribution in [0.25, 0.3) is 0 Å². The number of guanidine groups is 1. The molecule has 30 heavy (non-hydrogen) atoms. The number of methoxy groups -OCH3 is 1. The van der Waals surface area contributed by atoms with E-state index in [1.54, 1.807) is 18.9 Å². The average Bonchev–Trinajstić information content (AvgIpc) is 2.75. The van der Waals surface area contributed by atoms with E-state index in [1.165, 1.54) is 16.0 Å². The van der Waals surface area contributed by atoms with Gasteiger partial charge < -0.3 is 20.7 Å². The highest BCUT2D eigenvalue weighted by Crippen LogP contribution is 2.22. The number of nitrogens with zero attached hydrogens (tertiary/aromatic N) is 1. The number of amides is 1. The molecule has 3 N–H and O–H groups in total. The van der Waals surface area contributed by atoms with E-state index in [9.17, 15) is 4.79 Å². The number of aryl methyl sites for hydroxylation is 1. The van der Waals surface area contributed by atoms with E-state index < -0.39 is 0 Å². The van der Waals surface area contributed by atoms with Crippen LogP contribution in [0.15, 0.2) is 52.4 Å². The third kappa shape index (κ3) is 8.83. The Hall–Kier alpha value is -1.94. The van der Waals surface area contributed by atoms with Crippen LogP contribution in [0.4, 0.5) is 0 Å². The van der Waals surface area contributed by atoms with Crippen molar-refractivity contribution in [2.75, 3.05) is 26.5 Å². The first-order chi connectivity index (χ1) is 14.0. The maximum Gasteiger partial charge on any atom is 0.239 e. The van der Waals surface area contributed by atoms with E-state index in [0.29, 0.717) is 19.0 Å². The van der Waals surface area contributed by atoms with E-state index in [4.69, 9.17) is 4.74 Å². The minimum Gasteiger partial charge on any atom is -0.497 e. The van der Waals surface area contributed by atoms with E-state index >= 15 is 0 Å². The van der Waals surface area contributed by atoms with Gasteiger partial charge in [-0.3, -0.25) is 4.79 Å². The van der Waals surface area contributed by atoms with Crippen molar-refractivity contribution in [1.82, 2.24) is 16.0 Å². The van der Waals surface area contributed by atoms with Gasteiger partial charge in [0.15, 0.2) is 5.96 Å². The van der Waals surface area contributed by atoms with E-state index in [1.807, 2.05) is 31.2 Å². The molecule has 0 aliphatic rings. The Morgan fingerprint density at radius 3 is 2.47 bits per heavy atom. The summed E-state index contributed by atoms with van der Waals surface area (Å²) in [5.74, 6) is 1.33. The van der Waals surface area contributed by atoms with Crippen molar-refractivity contribution < 1.29 is 9.53 Å². The number of carbonyl (C=O) groups is 1. The van der Waals surface area contributed by atoms with Gasteiger partial charge in [-0.05, 0) is 55.0 Å². The lowest BCUT2D eigenvalue weighted by molar-refractivity contribution is -0.120. The maximum absolute atomic E-state index is 12.2. The van der Waals surface area contributed by atoms with Crippen LogP contribution in [0, 0.1) is 6.92 Å². The summed E-state index contributed by atoms with van der Waals surface area (Å²) in [6, 6.07) is 14.0. The first kappa shape index (κ1) is 26.1. The molecule has 2 aromatic rings. The summed E-state index contributed by atoms with van der Waals surface area (Å²) in [5.41, 5.74) is 3.42. The Morgan fingerprint density at radius 2 is 1.83 bits per heavy atom. The zero-order valence-corrected chi connectivity index (χ0v) is 21.1. The van der Waals surface area contributed by atoms with Gasteiger partial charge in [-0.1, -0.05) is 24.3 Å². The molecule has 164 valence electrons. The highest BCUT2D eigenvalue weighted by Gasteiger charge is 2.06. The number of ether oxygens (including phenoxy) is 1. The van der Waals surface area contributed by atoms with Gasteiger partial charge in [0, 0.05) is 18.0 Å². The second-order valence-electron chi connectivity index (χ2n) is 6.49. The van der Waals surface area contributed by atoms with Crippen LogP contribution in [-0.4, -0.2) is 38.3 Å². The monoisotopic (exact) mass is 542 g/mol. The Balaban J connectivity index is 0.00000450. The van der Waals surface area contributed by atoms with Gasteiger partial charge in [0.2, 0.25) is 5.91 Å². The second-order valence-corrected chi connectivity index (χ2v) is 7.34. The topological polar surface area (TPSA) is 74.8 Å². The van der Waals surface area contributed by atoms with E-state index in [0.717, 1.165) is 17.9 Å². The van der Waals surface area contributed by atoms with E-state index in [-0.39, 0.29) is 36.4 Å². The summed E-state index contributed by atoms with van der Waals surface area (Å²) < 4.78 is 5.14. The largest absolute Gasteiger partial charge is 0.497 e. The lowest BCUT2D eigenvalue weighted by atomic mass is 10.1. The van der Waals surface area contributed by atoms with Crippen LogP contribution in [0.2, 0.25) is 0 Å². The summed E-state index contributed by atoms with van der Waals surface area (Å²) in [6.45, 7) is 5.99. The molecular weight excluding hydrogens is 511 g/mol. The van der Waals surface area contributed by atoms with Gasteiger partial charge in [0.1, 0.15) is 5.75 Å². The molecule has 0 radical (unpaired) electrons. The summed E-state index contributed by atoms with van der Waals surface area (Å²) in [4.78, 5) is 18.0. The smallest absolute Gasteiger partial charge is 0.239 e. The van der Waals surface area contributed by atoms with Crippen molar-refractivity contribution in [2.24, 2.45) is 4.99 Å². The molecule has 6 nitrogen and oxygen atoms in total. The lowest BCUT2D eigenvalue weighted by Crippen LogP contribution is -2.43. The van der Waals surface area contributed by atoms with Crippen molar-refractivity contribution in [1.29, 1.82) is 0 Å². The number of hydrogen-bond acceptors (Lipinski definition) is 4. The molecule has 0 unspecified atom stereocenters. The minimum atomic E-state index is -0.0911. The fourth-order valence-electron chi connectivity index (χ4n) is 2.66. The number of halogens is 1. The Bertz CT molecular complexity index is 828. The van der Waals surface area contributed by atoms with Crippen molar-refractivity contribution in [3.8, 4) is 5.75 Å². The van der Waals surface area contributed by atoms with Crippen molar-refractivity contribution >= 4 is 47.6 Å². The second kappa shape index (κ2) is 14.1. The van der Waals surface area contributed by atoms with Crippen molar-refractivity contribution in [2.45, 2.75) is 31.8 Å². The van der Waals surface area contributed by atoms with Gasteiger partial charge in [0.25, 0.3) is 0 Å². The van der Waals surface area contributed by atoms with Crippen LogP contribution >= 0.6 is 35.7 Å². The quantitative estimate of drug-likeness (QED) is 0.195. The van der Waals surface area contributed by atoms with Crippen LogP contribution in [0.5, 0.6) is 5.75 Å². The standard InChI is InChI=1S/C22H30N4O2S.HI/c1-5-23-22(25-14-18-9-6-16(2)12-20(18)29-4)26-15-21(27)24-13-17-7-10-19(28-3)11-8-17;/h6-12H,5,13-15H2,1-4H3,(H,24,27)(H2,23,25,26);1H. The number of aliphatic imine (C=N–C) groups is 1. The Labute approximate surface area is 200 Å². The third-order valence-corrected chi connectivity index (χ3v) is 5.08. The average molecular weight is 542 g/mol. The molecule has 0 aliphatic carbocycles. The SMILES string of the molecule is CCNC(=NCc1ccc(C)cc1SC)NCC(=O)NCc1ccc(OC)cc1.I. The molecule has 0 heterocycles. The first-order valence-corrected chi connectivity index (χ1v) is 10.8. The number of hydrogen-bond donors (Lipinski definition) is 3. The molecule has 0 bridgehead atoms. The third-order valence-electron chi connectivity index (χ3n) is 4.26. The Kier molecular flexibility index (Phi) is 12.3. The summed E-state index contributed by atoms with van der Waals surface area (Å²) >= 11 is 1.72. The molecule has 1 amide bonds. The molecule has 0 aromatic heterocycles. The number of carbonyl (C=O) groups excluding carboxylic acids is 1. The highest BCUT2D eigenvalue weighted by atomic mass is 127. The molecule has 2 aromatic carbocycles. The molecule has 0 saturated heterocycles. The predicted octanol–water partition coefficient (Wildman–Crippen LogP) is 3.72. The fraction of sp³-hybridized carbons (Fsp3) is 0.364. The molecule has 0 atom stereocenters. The summed E-state index contributed by atoms with van der Waals surface area (Å²) in [5, 5.41) is 9.18. The fourth-order valence-corrected chi connectivity index (χ4v) is 3.36. The van der Waals surface area contributed by atoms with Gasteiger partial charge in [0.05, 0.1) is 20.2 Å². The molecule has 0 spiro atoms. The molecule has 2 rings (SSSR count). The molecule has 0 fully saturated rings.